The molecular weight excluding hydrogens is 396 g/mol. The minimum atomic E-state index is -1.09. The van der Waals surface area contributed by atoms with E-state index < -0.39 is 30.1 Å². The summed E-state index contributed by atoms with van der Waals surface area (Å²) in [6.07, 6.45) is 1.14. The largest absolute Gasteiger partial charge is 0.480 e. The fourth-order valence-corrected chi connectivity index (χ4v) is 3.84. The monoisotopic (exact) mass is 424 g/mol. The lowest BCUT2D eigenvalue weighted by Gasteiger charge is -2.19. The van der Waals surface area contributed by atoms with Crippen molar-refractivity contribution >= 4 is 18.0 Å². The molecule has 0 fully saturated rings. The number of hydrogen-bond acceptors (Lipinski definition) is 4. The van der Waals surface area contributed by atoms with Gasteiger partial charge >= 0.3 is 12.1 Å². The molecule has 2 atom stereocenters. The van der Waals surface area contributed by atoms with E-state index in [1.54, 1.807) is 0 Å². The number of fused-ring (bicyclic) bond motifs is 3. The van der Waals surface area contributed by atoms with Gasteiger partial charge in [0.15, 0.2) is 0 Å². The third kappa shape index (κ3) is 5.23. The normalized spacial score (nSPS) is 14.1. The maximum absolute atomic E-state index is 12.3. The lowest BCUT2D eigenvalue weighted by molar-refractivity contribution is -0.142. The quantitative estimate of drug-likeness (QED) is 0.570. The molecule has 0 saturated heterocycles. The molecule has 0 saturated carbocycles. The van der Waals surface area contributed by atoms with Crippen molar-refractivity contribution in [3.05, 3.63) is 59.7 Å². The Balaban J connectivity index is 1.57. The van der Waals surface area contributed by atoms with Gasteiger partial charge in [0.25, 0.3) is 0 Å². The molecule has 0 aliphatic heterocycles. The number of carbonyl (C=O) groups excluding carboxylic acids is 2. The third-order valence-electron chi connectivity index (χ3n) is 5.53. The smallest absolute Gasteiger partial charge is 0.407 e. The lowest BCUT2D eigenvalue weighted by atomic mass is 9.98. The number of ether oxygens (including phenoxy) is 1. The number of alkyl carbamates (subject to hydrolysis) is 1. The summed E-state index contributed by atoms with van der Waals surface area (Å²) in [5.74, 6) is -1.72. The molecule has 0 aromatic heterocycles. The van der Waals surface area contributed by atoms with Crippen LogP contribution in [0.5, 0.6) is 0 Å². The van der Waals surface area contributed by atoms with E-state index in [2.05, 4.69) is 22.8 Å². The van der Waals surface area contributed by atoms with Gasteiger partial charge in [-0.15, -0.1) is 0 Å². The average molecular weight is 424 g/mol. The molecule has 3 rings (SSSR count). The first kappa shape index (κ1) is 22.3. The molecule has 2 aromatic rings. The molecule has 2 aromatic carbocycles. The standard InChI is InChI=1S/C24H28N2O5/c1-3-4-13-21(23(28)29)26-22(27)15(2)25-24(30)31-14-20-18-11-7-5-9-16(18)17-10-6-8-12-19(17)20/h5-12,15,20-21H,3-4,13-14H2,1-2H3,(H,25,30)(H,26,27)(H,28,29). The molecule has 7 nitrogen and oxygen atoms in total. The second-order valence-corrected chi connectivity index (χ2v) is 7.73. The first-order valence-electron chi connectivity index (χ1n) is 10.6. The van der Waals surface area contributed by atoms with E-state index >= 15 is 0 Å². The predicted molar refractivity (Wildman–Crippen MR) is 117 cm³/mol. The zero-order chi connectivity index (χ0) is 22.4. The van der Waals surface area contributed by atoms with Crippen molar-refractivity contribution in [2.24, 2.45) is 0 Å². The van der Waals surface area contributed by atoms with Gasteiger partial charge < -0.3 is 20.5 Å². The fraction of sp³-hybridized carbons (Fsp3) is 0.375. The molecule has 2 unspecified atom stereocenters. The van der Waals surface area contributed by atoms with Crippen molar-refractivity contribution in [2.75, 3.05) is 6.61 Å². The summed E-state index contributed by atoms with van der Waals surface area (Å²) in [7, 11) is 0. The first-order chi connectivity index (χ1) is 14.9. The molecule has 31 heavy (non-hydrogen) atoms. The summed E-state index contributed by atoms with van der Waals surface area (Å²) < 4.78 is 5.43. The Bertz CT molecular complexity index is 913. The van der Waals surface area contributed by atoms with Crippen LogP contribution in [-0.2, 0) is 14.3 Å². The van der Waals surface area contributed by atoms with E-state index in [-0.39, 0.29) is 12.5 Å². The Morgan fingerprint density at radius 1 is 1.00 bits per heavy atom. The lowest BCUT2D eigenvalue weighted by Crippen LogP contribution is -2.50. The number of aliphatic carboxylic acids is 1. The van der Waals surface area contributed by atoms with Gasteiger partial charge in [-0.25, -0.2) is 9.59 Å². The van der Waals surface area contributed by atoms with Crippen LogP contribution in [0, 0.1) is 0 Å². The van der Waals surface area contributed by atoms with Gasteiger partial charge in [-0.2, -0.15) is 0 Å². The van der Waals surface area contributed by atoms with Gasteiger partial charge in [-0.05, 0) is 35.6 Å². The summed E-state index contributed by atoms with van der Waals surface area (Å²) in [6.45, 7) is 3.58. The molecule has 1 aliphatic carbocycles. The van der Waals surface area contributed by atoms with Crippen LogP contribution < -0.4 is 10.6 Å². The predicted octanol–water partition coefficient (Wildman–Crippen LogP) is 3.67. The highest BCUT2D eigenvalue weighted by Crippen LogP contribution is 2.44. The number of hydrogen-bond donors (Lipinski definition) is 3. The summed E-state index contributed by atoms with van der Waals surface area (Å²) in [6, 6.07) is 14.2. The molecular formula is C24H28N2O5. The van der Waals surface area contributed by atoms with E-state index in [1.165, 1.54) is 6.92 Å². The number of nitrogens with one attached hydrogen (secondary N) is 2. The Morgan fingerprint density at radius 2 is 1.58 bits per heavy atom. The number of benzene rings is 2. The van der Waals surface area contributed by atoms with Gasteiger partial charge in [0.1, 0.15) is 18.7 Å². The number of unbranched alkanes of at least 4 members (excludes halogenated alkanes) is 1. The fourth-order valence-electron chi connectivity index (χ4n) is 3.84. The van der Waals surface area contributed by atoms with Crippen molar-refractivity contribution in [3.63, 3.8) is 0 Å². The van der Waals surface area contributed by atoms with Crippen molar-refractivity contribution in [1.82, 2.24) is 10.6 Å². The second-order valence-electron chi connectivity index (χ2n) is 7.73. The van der Waals surface area contributed by atoms with Crippen LogP contribution in [0.1, 0.15) is 50.2 Å². The Kier molecular flexibility index (Phi) is 7.28. The van der Waals surface area contributed by atoms with Crippen molar-refractivity contribution in [3.8, 4) is 11.1 Å². The zero-order valence-corrected chi connectivity index (χ0v) is 17.8. The Labute approximate surface area is 181 Å². The first-order valence-corrected chi connectivity index (χ1v) is 10.6. The third-order valence-corrected chi connectivity index (χ3v) is 5.53. The van der Waals surface area contributed by atoms with Gasteiger partial charge in [0.05, 0.1) is 0 Å². The van der Waals surface area contributed by atoms with Crippen LogP contribution in [0.15, 0.2) is 48.5 Å². The van der Waals surface area contributed by atoms with Crippen LogP contribution in [-0.4, -0.2) is 41.8 Å². The number of amides is 2. The van der Waals surface area contributed by atoms with E-state index in [9.17, 15) is 19.5 Å². The maximum Gasteiger partial charge on any atom is 0.407 e. The van der Waals surface area contributed by atoms with Gasteiger partial charge in [-0.3, -0.25) is 4.79 Å². The summed E-state index contributed by atoms with van der Waals surface area (Å²) in [5.41, 5.74) is 4.46. The number of carboxylic acids is 1. The molecule has 3 N–H and O–H groups in total. The van der Waals surface area contributed by atoms with Crippen LogP contribution >= 0.6 is 0 Å². The average Bonchev–Trinajstić information content (AvgIpc) is 3.08. The molecule has 0 radical (unpaired) electrons. The number of rotatable bonds is 9. The molecule has 1 aliphatic rings. The van der Waals surface area contributed by atoms with Crippen LogP contribution in [0.4, 0.5) is 4.79 Å². The summed E-state index contributed by atoms with van der Waals surface area (Å²) >= 11 is 0. The highest BCUT2D eigenvalue weighted by molar-refractivity contribution is 5.89. The van der Waals surface area contributed by atoms with E-state index in [1.807, 2.05) is 43.3 Å². The summed E-state index contributed by atoms with van der Waals surface area (Å²) in [4.78, 5) is 35.9. The number of carboxylic acid groups (broad SMARTS) is 1. The Hall–Kier alpha value is -3.35. The number of carbonyl (C=O) groups is 3. The Morgan fingerprint density at radius 3 is 2.13 bits per heavy atom. The molecule has 2 amide bonds. The molecule has 164 valence electrons. The van der Waals surface area contributed by atoms with Crippen LogP contribution in [0.25, 0.3) is 11.1 Å². The van der Waals surface area contributed by atoms with Gasteiger partial charge in [0.2, 0.25) is 5.91 Å². The van der Waals surface area contributed by atoms with Crippen molar-refractivity contribution in [1.29, 1.82) is 0 Å². The van der Waals surface area contributed by atoms with Crippen molar-refractivity contribution in [2.45, 2.75) is 51.1 Å². The highest BCUT2D eigenvalue weighted by Gasteiger charge is 2.29. The van der Waals surface area contributed by atoms with Crippen LogP contribution in [0.3, 0.4) is 0 Å². The maximum atomic E-state index is 12.3. The van der Waals surface area contributed by atoms with Gasteiger partial charge in [0, 0.05) is 5.92 Å². The van der Waals surface area contributed by atoms with Crippen LogP contribution in [0.2, 0.25) is 0 Å². The zero-order valence-electron chi connectivity index (χ0n) is 17.8. The topological polar surface area (TPSA) is 105 Å². The molecule has 7 heteroatoms. The minimum absolute atomic E-state index is 0.0762. The molecule has 0 spiro atoms. The van der Waals surface area contributed by atoms with E-state index in [0.717, 1.165) is 28.7 Å². The van der Waals surface area contributed by atoms with E-state index in [4.69, 9.17) is 4.74 Å². The highest BCUT2D eigenvalue weighted by atomic mass is 16.5. The summed E-state index contributed by atoms with van der Waals surface area (Å²) in [5, 5.41) is 14.2. The van der Waals surface area contributed by atoms with Crippen molar-refractivity contribution < 1.29 is 24.2 Å². The minimum Gasteiger partial charge on any atom is -0.480 e. The molecule has 0 bridgehead atoms. The van der Waals surface area contributed by atoms with Gasteiger partial charge in [-0.1, -0.05) is 68.3 Å². The SMILES string of the molecule is CCCCC(NC(=O)C(C)NC(=O)OCC1c2ccccc2-c2ccccc21)C(=O)O. The second kappa shape index (κ2) is 10.1. The molecule has 0 heterocycles. The van der Waals surface area contributed by atoms with E-state index in [0.29, 0.717) is 12.8 Å².